The number of rotatable bonds is 1. The monoisotopic (exact) mass is 274 g/mol. The molecule has 0 aromatic heterocycles. The van der Waals surface area contributed by atoms with E-state index in [2.05, 4.69) is 5.32 Å². The van der Waals surface area contributed by atoms with Crippen molar-refractivity contribution in [3.05, 3.63) is 34.9 Å². The zero-order valence-corrected chi connectivity index (χ0v) is 11.6. The number of nitrogens with one attached hydrogen (secondary N) is 1. The molecule has 0 aliphatic carbocycles. The van der Waals surface area contributed by atoms with E-state index in [1.807, 2.05) is 32.0 Å². The largest absolute Gasteiger partial charge is 0.371 e. The molecule has 5 heteroatoms. The molecule has 1 aromatic carbocycles. The van der Waals surface area contributed by atoms with Gasteiger partial charge in [-0.25, -0.2) is 0 Å². The normalized spacial score (nSPS) is 29.4. The van der Waals surface area contributed by atoms with Gasteiger partial charge in [0.05, 0.1) is 5.54 Å². The van der Waals surface area contributed by atoms with Gasteiger partial charge < -0.3 is 15.3 Å². The molecule has 1 aromatic rings. The molecular weight excluding hydrogens is 256 g/mol. The van der Waals surface area contributed by atoms with Crippen LogP contribution in [0, 0.1) is 6.92 Å². The molecule has 2 amide bonds. The number of fused-ring (bicyclic) bond motifs is 1. The number of aryl methyl sites for hydroxylation is 1. The molecule has 1 fully saturated rings. The quantitative estimate of drug-likeness (QED) is 0.800. The molecule has 0 bridgehead atoms. The molecule has 2 aliphatic heterocycles. The second-order valence-electron chi connectivity index (χ2n) is 5.88. The number of hydrogen-bond donors (Lipinski definition) is 2. The first kappa shape index (κ1) is 13.1. The summed E-state index contributed by atoms with van der Waals surface area (Å²) in [5, 5.41) is 12.7. The highest BCUT2D eigenvalue weighted by atomic mass is 16.3. The Hall–Kier alpha value is -1.88. The van der Waals surface area contributed by atoms with Crippen molar-refractivity contribution in [1.29, 1.82) is 0 Å². The molecule has 0 saturated carbocycles. The fourth-order valence-corrected chi connectivity index (χ4v) is 2.99. The van der Waals surface area contributed by atoms with E-state index in [9.17, 15) is 14.7 Å². The fourth-order valence-electron chi connectivity index (χ4n) is 2.99. The van der Waals surface area contributed by atoms with Crippen LogP contribution in [-0.2, 0) is 11.3 Å². The van der Waals surface area contributed by atoms with Crippen molar-refractivity contribution < 1.29 is 14.7 Å². The summed E-state index contributed by atoms with van der Waals surface area (Å²) in [5.41, 5.74) is 1.97. The van der Waals surface area contributed by atoms with Crippen molar-refractivity contribution in [3.8, 4) is 0 Å². The van der Waals surface area contributed by atoms with Gasteiger partial charge in [-0.1, -0.05) is 17.7 Å². The number of piperidine rings is 1. The van der Waals surface area contributed by atoms with Gasteiger partial charge in [-0.3, -0.25) is 9.59 Å². The first-order valence-corrected chi connectivity index (χ1v) is 6.81. The van der Waals surface area contributed by atoms with Crippen LogP contribution in [-0.4, -0.2) is 33.6 Å². The minimum Gasteiger partial charge on any atom is -0.371 e. The van der Waals surface area contributed by atoms with Crippen LogP contribution in [0.25, 0.3) is 0 Å². The summed E-state index contributed by atoms with van der Waals surface area (Å²) in [4.78, 5) is 25.6. The predicted molar refractivity (Wildman–Crippen MR) is 72.8 cm³/mol. The summed E-state index contributed by atoms with van der Waals surface area (Å²) < 4.78 is 0. The molecule has 3 rings (SSSR count). The van der Waals surface area contributed by atoms with Crippen LogP contribution in [0.1, 0.15) is 41.3 Å². The van der Waals surface area contributed by atoms with E-state index in [0.29, 0.717) is 24.9 Å². The van der Waals surface area contributed by atoms with E-state index < -0.39 is 11.8 Å². The lowest BCUT2D eigenvalue weighted by molar-refractivity contribution is -0.135. The summed E-state index contributed by atoms with van der Waals surface area (Å²) in [6.07, 6.45) is -0.228. The van der Waals surface area contributed by atoms with Gasteiger partial charge in [-0.05, 0) is 31.9 Å². The van der Waals surface area contributed by atoms with Gasteiger partial charge in [0.1, 0.15) is 6.23 Å². The van der Waals surface area contributed by atoms with E-state index in [4.69, 9.17) is 0 Å². The predicted octanol–water partition coefficient (Wildman–Crippen LogP) is 0.938. The molecule has 1 saturated heterocycles. The van der Waals surface area contributed by atoms with Crippen LogP contribution >= 0.6 is 0 Å². The number of hydrogen-bond acceptors (Lipinski definition) is 3. The van der Waals surface area contributed by atoms with E-state index in [0.717, 1.165) is 11.1 Å². The van der Waals surface area contributed by atoms with Crippen molar-refractivity contribution >= 4 is 11.8 Å². The number of amides is 2. The first-order valence-electron chi connectivity index (χ1n) is 6.81. The minimum absolute atomic E-state index is 0.0681. The van der Waals surface area contributed by atoms with Gasteiger partial charge in [-0.15, -0.1) is 0 Å². The SMILES string of the molecule is Cc1ccc2c(c1)C(=O)N(C1(C)CCC(=O)NC1O)C2. The molecule has 2 atom stereocenters. The lowest BCUT2D eigenvalue weighted by Crippen LogP contribution is -2.63. The average Bonchev–Trinajstić information content (AvgIpc) is 2.72. The molecule has 2 aliphatic rings. The number of nitrogens with zero attached hydrogens (tertiary/aromatic N) is 1. The van der Waals surface area contributed by atoms with Crippen molar-refractivity contribution in [1.82, 2.24) is 10.2 Å². The molecule has 2 unspecified atom stereocenters. The van der Waals surface area contributed by atoms with E-state index in [1.54, 1.807) is 4.90 Å². The van der Waals surface area contributed by atoms with Gasteiger partial charge >= 0.3 is 0 Å². The Bertz CT molecular complexity index is 599. The second-order valence-corrected chi connectivity index (χ2v) is 5.88. The third kappa shape index (κ3) is 1.81. The fraction of sp³-hybridized carbons (Fsp3) is 0.467. The van der Waals surface area contributed by atoms with Crippen molar-refractivity contribution in [2.45, 2.75) is 45.0 Å². The van der Waals surface area contributed by atoms with Gasteiger partial charge in [0.15, 0.2) is 0 Å². The average molecular weight is 274 g/mol. The molecule has 2 heterocycles. The number of carbonyl (C=O) groups excluding carboxylic acids is 2. The molecule has 20 heavy (non-hydrogen) atoms. The van der Waals surface area contributed by atoms with Gasteiger partial charge in [0.25, 0.3) is 5.91 Å². The molecule has 106 valence electrons. The molecule has 5 nitrogen and oxygen atoms in total. The summed E-state index contributed by atoms with van der Waals surface area (Å²) >= 11 is 0. The van der Waals surface area contributed by atoms with Crippen LogP contribution in [0.3, 0.4) is 0 Å². The van der Waals surface area contributed by atoms with Gasteiger partial charge in [0, 0.05) is 18.5 Å². The zero-order valence-electron chi connectivity index (χ0n) is 11.6. The van der Waals surface area contributed by atoms with Crippen LogP contribution in [0.5, 0.6) is 0 Å². The number of aliphatic hydroxyl groups is 1. The van der Waals surface area contributed by atoms with E-state index in [-0.39, 0.29) is 11.8 Å². The Morgan fingerprint density at radius 2 is 2.15 bits per heavy atom. The maximum Gasteiger partial charge on any atom is 0.255 e. The molecular formula is C15H18N2O3. The summed E-state index contributed by atoms with van der Waals surface area (Å²) in [7, 11) is 0. The Morgan fingerprint density at radius 3 is 2.85 bits per heavy atom. The Kier molecular flexibility index (Phi) is 2.83. The highest BCUT2D eigenvalue weighted by Gasteiger charge is 2.47. The summed E-state index contributed by atoms with van der Waals surface area (Å²) in [6, 6.07) is 5.82. The number of benzene rings is 1. The minimum atomic E-state index is -1.02. The van der Waals surface area contributed by atoms with Crippen LogP contribution < -0.4 is 5.32 Å². The summed E-state index contributed by atoms with van der Waals surface area (Å²) in [5.74, 6) is -0.239. The van der Waals surface area contributed by atoms with Gasteiger partial charge in [-0.2, -0.15) is 0 Å². The highest BCUT2D eigenvalue weighted by Crippen LogP contribution is 2.35. The number of carbonyl (C=O) groups is 2. The lowest BCUT2D eigenvalue weighted by atomic mass is 9.88. The maximum absolute atomic E-state index is 12.6. The van der Waals surface area contributed by atoms with Crippen LogP contribution in [0.4, 0.5) is 0 Å². The molecule has 0 spiro atoms. The smallest absolute Gasteiger partial charge is 0.255 e. The third-order valence-corrected chi connectivity index (χ3v) is 4.43. The zero-order chi connectivity index (χ0) is 14.5. The van der Waals surface area contributed by atoms with E-state index >= 15 is 0 Å². The Morgan fingerprint density at radius 1 is 1.40 bits per heavy atom. The first-order chi connectivity index (χ1) is 9.41. The van der Waals surface area contributed by atoms with Crippen LogP contribution in [0.15, 0.2) is 18.2 Å². The van der Waals surface area contributed by atoms with Gasteiger partial charge in [0.2, 0.25) is 5.91 Å². The maximum atomic E-state index is 12.6. The van der Waals surface area contributed by atoms with Crippen LogP contribution in [0.2, 0.25) is 0 Å². The standard InChI is InChI=1S/C15H18N2O3/c1-9-3-4-10-8-17(13(19)11(10)7-9)15(2)6-5-12(18)16-14(15)20/h3-4,7,14,20H,5-6,8H2,1-2H3,(H,16,18). The summed E-state index contributed by atoms with van der Waals surface area (Å²) in [6.45, 7) is 4.26. The van der Waals surface area contributed by atoms with E-state index in [1.165, 1.54) is 0 Å². The van der Waals surface area contributed by atoms with Crippen molar-refractivity contribution in [3.63, 3.8) is 0 Å². The lowest BCUT2D eigenvalue weighted by Gasteiger charge is -2.45. The van der Waals surface area contributed by atoms with Crippen molar-refractivity contribution in [2.75, 3.05) is 0 Å². The Labute approximate surface area is 117 Å². The number of aliphatic hydroxyl groups excluding tert-OH is 1. The Balaban J connectivity index is 1.93. The molecule has 0 radical (unpaired) electrons. The molecule has 2 N–H and O–H groups in total. The topological polar surface area (TPSA) is 69.6 Å². The second kappa shape index (κ2) is 4.31. The third-order valence-electron chi connectivity index (χ3n) is 4.43. The highest BCUT2D eigenvalue weighted by molar-refractivity contribution is 5.99. The van der Waals surface area contributed by atoms with Crippen molar-refractivity contribution in [2.24, 2.45) is 0 Å².